The van der Waals surface area contributed by atoms with Gasteiger partial charge in [-0.3, -0.25) is 0 Å². The fourth-order valence-electron chi connectivity index (χ4n) is 3.16. The van der Waals surface area contributed by atoms with Gasteiger partial charge < -0.3 is 15.4 Å². The second-order valence-corrected chi connectivity index (χ2v) is 6.62. The summed E-state index contributed by atoms with van der Waals surface area (Å²) in [5.74, 6) is 1.31. The summed E-state index contributed by atoms with van der Waals surface area (Å²) in [5.41, 5.74) is -0.415. The number of fused-ring (bicyclic) bond motifs is 1. The highest BCUT2D eigenvalue weighted by Gasteiger charge is 2.36. The van der Waals surface area contributed by atoms with Gasteiger partial charge in [-0.1, -0.05) is 12.8 Å². The largest absolute Gasteiger partial charge is 0.444 e. The lowest BCUT2D eigenvalue weighted by molar-refractivity contribution is 0.0480. The summed E-state index contributed by atoms with van der Waals surface area (Å²) in [4.78, 5) is 11.9. The van der Waals surface area contributed by atoms with Crippen molar-refractivity contribution >= 4 is 6.09 Å². The number of amides is 1. The van der Waals surface area contributed by atoms with Crippen molar-refractivity contribution in [2.45, 2.75) is 58.1 Å². The van der Waals surface area contributed by atoms with Gasteiger partial charge in [0.1, 0.15) is 5.60 Å². The maximum Gasteiger partial charge on any atom is 0.407 e. The van der Waals surface area contributed by atoms with Crippen molar-refractivity contribution in [1.29, 1.82) is 0 Å². The number of nitrogens with one attached hydrogen (secondary N) is 2. The molecule has 1 saturated carbocycles. The Bertz CT molecular complexity index is 299. The number of rotatable bonds is 1. The Labute approximate surface area is 110 Å². The van der Waals surface area contributed by atoms with Crippen LogP contribution < -0.4 is 10.6 Å². The van der Waals surface area contributed by atoms with Crippen LogP contribution in [0.2, 0.25) is 0 Å². The number of ether oxygens (including phenoxy) is 1. The van der Waals surface area contributed by atoms with Crippen LogP contribution in [0.25, 0.3) is 0 Å². The maximum atomic E-state index is 11.9. The van der Waals surface area contributed by atoms with Crippen molar-refractivity contribution < 1.29 is 9.53 Å². The lowest BCUT2D eigenvalue weighted by Gasteiger charge is -2.28. The molecule has 1 aliphatic heterocycles. The minimum Gasteiger partial charge on any atom is -0.444 e. The topological polar surface area (TPSA) is 50.4 Å². The monoisotopic (exact) mass is 254 g/mol. The summed E-state index contributed by atoms with van der Waals surface area (Å²) in [6.07, 6.45) is 4.62. The molecule has 2 fully saturated rings. The first kappa shape index (κ1) is 13.7. The van der Waals surface area contributed by atoms with Crippen molar-refractivity contribution in [1.82, 2.24) is 10.6 Å². The molecule has 0 aromatic rings. The molecule has 1 amide bonds. The highest BCUT2D eigenvalue weighted by atomic mass is 16.6. The molecule has 0 unspecified atom stereocenters. The SMILES string of the molecule is CC(C)(C)OC(=O)N[C@H]1CCCC[C@H]2CNC[C@@H]21. The molecule has 4 nitrogen and oxygen atoms in total. The number of hydrogen-bond acceptors (Lipinski definition) is 3. The first-order valence-electron chi connectivity index (χ1n) is 7.16. The van der Waals surface area contributed by atoms with Crippen LogP contribution in [0.15, 0.2) is 0 Å². The zero-order chi connectivity index (χ0) is 13.2. The van der Waals surface area contributed by atoms with E-state index < -0.39 is 5.60 Å². The Hall–Kier alpha value is -0.770. The number of carbonyl (C=O) groups is 1. The smallest absolute Gasteiger partial charge is 0.407 e. The molecule has 1 saturated heterocycles. The van der Waals surface area contributed by atoms with Crippen LogP contribution in [0.4, 0.5) is 4.79 Å². The van der Waals surface area contributed by atoms with Gasteiger partial charge in [0.25, 0.3) is 0 Å². The van der Waals surface area contributed by atoms with Crippen LogP contribution in [0, 0.1) is 11.8 Å². The van der Waals surface area contributed by atoms with Gasteiger partial charge in [-0.2, -0.15) is 0 Å². The van der Waals surface area contributed by atoms with E-state index in [1.54, 1.807) is 0 Å². The standard InChI is InChI=1S/C14H26N2O2/c1-14(2,3)18-13(17)16-12-7-5-4-6-10-8-15-9-11(10)12/h10-12,15H,4-9H2,1-3H3,(H,16,17)/t10-,11-,12-/m0/s1. The Morgan fingerprint density at radius 3 is 2.67 bits per heavy atom. The fraction of sp³-hybridized carbons (Fsp3) is 0.929. The van der Waals surface area contributed by atoms with Gasteiger partial charge in [-0.25, -0.2) is 4.79 Å². The van der Waals surface area contributed by atoms with Crippen LogP contribution in [0.1, 0.15) is 46.5 Å². The molecular formula is C14H26N2O2. The van der Waals surface area contributed by atoms with E-state index in [2.05, 4.69) is 10.6 Å². The maximum absolute atomic E-state index is 11.9. The van der Waals surface area contributed by atoms with Crippen molar-refractivity contribution in [3.8, 4) is 0 Å². The molecule has 4 heteroatoms. The van der Waals surface area contributed by atoms with E-state index in [1.165, 1.54) is 19.3 Å². The minimum atomic E-state index is -0.415. The first-order valence-corrected chi connectivity index (χ1v) is 7.16. The Morgan fingerprint density at radius 1 is 1.22 bits per heavy atom. The van der Waals surface area contributed by atoms with Crippen LogP contribution in [-0.2, 0) is 4.74 Å². The molecule has 104 valence electrons. The van der Waals surface area contributed by atoms with Crippen molar-refractivity contribution in [3.63, 3.8) is 0 Å². The van der Waals surface area contributed by atoms with E-state index in [1.807, 2.05) is 20.8 Å². The third-order valence-corrected chi connectivity index (χ3v) is 3.95. The predicted octanol–water partition coefficient (Wildman–Crippen LogP) is 2.29. The molecule has 3 atom stereocenters. The van der Waals surface area contributed by atoms with E-state index in [9.17, 15) is 4.79 Å². The average molecular weight is 254 g/mol. The minimum absolute atomic E-state index is 0.264. The molecule has 0 aromatic carbocycles. The quantitative estimate of drug-likeness (QED) is 0.755. The third kappa shape index (κ3) is 3.61. The van der Waals surface area contributed by atoms with Crippen LogP contribution in [0.5, 0.6) is 0 Å². The number of hydrogen-bond donors (Lipinski definition) is 2. The summed E-state index contributed by atoms with van der Waals surface area (Å²) in [6, 6.07) is 0.280. The lowest BCUT2D eigenvalue weighted by atomic mass is 9.88. The van der Waals surface area contributed by atoms with Crippen molar-refractivity contribution in [2.24, 2.45) is 11.8 Å². The number of alkyl carbamates (subject to hydrolysis) is 1. The van der Waals surface area contributed by atoms with E-state index >= 15 is 0 Å². The van der Waals surface area contributed by atoms with Gasteiger partial charge >= 0.3 is 6.09 Å². The molecule has 0 spiro atoms. The highest BCUT2D eigenvalue weighted by molar-refractivity contribution is 5.68. The van der Waals surface area contributed by atoms with Gasteiger partial charge in [0.2, 0.25) is 0 Å². The zero-order valence-electron chi connectivity index (χ0n) is 11.8. The molecule has 2 rings (SSSR count). The Morgan fingerprint density at radius 2 is 1.94 bits per heavy atom. The third-order valence-electron chi connectivity index (χ3n) is 3.95. The summed E-state index contributed by atoms with van der Waals surface area (Å²) in [7, 11) is 0. The predicted molar refractivity (Wildman–Crippen MR) is 71.5 cm³/mol. The van der Waals surface area contributed by atoms with Gasteiger partial charge in [0.15, 0.2) is 0 Å². The molecule has 2 N–H and O–H groups in total. The molecule has 1 heterocycles. The van der Waals surface area contributed by atoms with E-state index in [0.717, 1.165) is 25.4 Å². The summed E-state index contributed by atoms with van der Waals surface area (Å²) in [6.45, 7) is 7.85. The zero-order valence-corrected chi connectivity index (χ0v) is 11.8. The Balaban J connectivity index is 1.92. The summed E-state index contributed by atoms with van der Waals surface area (Å²) in [5, 5.41) is 6.54. The molecule has 1 aliphatic carbocycles. The van der Waals surface area contributed by atoms with Gasteiger partial charge in [0, 0.05) is 12.6 Å². The van der Waals surface area contributed by atoms with E-state index in [0.29, 0.717) is 5.92 Å². The van der Waals surface area contributed by atoms with Gasteiger partial charge in [-0.05, 0) is 52.0 Å². The summed E-state index contributed by atoms with van der Waals surface area (Å²) >= 11 is 0. The Kier molecular flexibility index (Phi) is 4.15. The first-order chi connectivity index (χ1) is 8.46. The highest BCUT2D eigenvalue weighted by Crippen LogP contribution is 2.31. The fourth-order valence-corrected chi connectivity index (χ4v) is 3.16. The normalized spacial score (nSPS) is 32.5. The second-order valence-electron chi connectivity index (χ2n) is 6.62. The molecule has 2 aliphatic rings. The van der Waals surface area contributed by atoms with E-state index in [4.69, 9.17) is 4.74 Å². The molecule has 0 aromatic heterocycles. The van der Waals surface area contributed by atoms with Gasteiger partial charge in [-0.15, -0.1) is 0 Å². The van der Waals surface area contributed by atoms with Crippen molar-refractivity contribution in [3.05, 3.63) is 0 Å². The number of carbonyl (C=O) groups excluding carboxylic acids is 1. The molecule has 0 bridgehead atoms. The van der Waals surface area contributed by atoms with Gasteiger partial charge in [0.05, 0.1) is 0 Å². The summed E-state index contributed by atoms with van der Waals surface area (Å²) < 4.78 is 5.36. The molecule has 18 heavy (non-hydrogen) atoms. The molecular weight excluding hydrogens is 228 g/mol. The van der Waals surface area contributed by atoms with Crippen LogP contribution in [-0.4, -0.2) is 30.8 Å². The molecule has 0 radical (unpaired) electrons. The average Bonchev–Trinajstić information content (AvgIpc) is 2.61. The van der Waals surface area contributed by atoms with Crippen molar-refractivity contribution in [2.75, 3.05) is 13.1 Å². The lowest BCUT2D eigenvalue weighted by Crippen LogP contribution is -2.44. The van der Waals surface area contributed by atoms with E-state index in [-0.39, 0.29) is 12.1 Å². The second kappa shape index (κ2) is 5.47. The van der Waals surface area contributed by atoms with Crippen LogP contribution in [0.3, 0.4) is 0 Å². The van der Waals surface area contributed by atoms with Crippen LogP contribution >= 0.6 is 0 Å².